The SMILES string of the molecule is CC(C)(C)C(=O)Nc1cncc(-c2cc3c(-c4cc5c(-c6ccncc6)ccnc5[nH]4)n[nH]c3cn2)c1. The fourth-order valence-corrected chi connectivity index (χ4v) is 4.18. The van der Waals surface area contributed by atoms with E-state index in [4.69, 9.17) is 0 Å². The lowest BCUT2D eigenvalue weighted by Crippen LogP contribution is -2.27. The predicted octanol–water partition coefficient (Wildman–Crippen LogP) is 5.61. The van der Waals surface area contributed by atoms with Crippen molar-refractivity contribution >= 4 is 33.5 Å². The number of H-pyrrole nitrogens is 2. The van der Waals surface area contributed by atoms with Crippen LogP contribution in [0.3, 0.4) is 0 Å². The molecule has 0 aliphatic rings. The molecule has 0 aromatic carbocycles. The number of nitrogens with one attached hydrogen (secondary N) is 3. The molecule has 0 radical (unpaired) electrons. The van der Waals surface area contributed by atoms with Crippen molar-refractivity contribution in [3.63, 3.8) is 0 Å². The summed E-state index contributed by atoms with van der Waals surface area (Å²) in [5.41, 5.74) is 6.96. The topological polar surface area (TPSA) is 125 Å². The lowest BCUT2D eigenvalue weighted by Gasteiger charge is -2.17. The summed E-state index contributed by atoms with van der Waals surface area (Å²) in [7, 11) is 0. The van der Waals surface area contributed by atoms with Crippen LogP contribution in [0.15, 0.2) is 73.6 Å². The number of nitrogens with zero attached hydrogens (tertiary/aromatic N) is 5. The quantitative estimate of drug-likeness (QED) is 0.296. The van der Waals surface area contributed by atoms with Crippen molar-refractivity contribution in [1.29, 1.82) is 0 Å². The maximum absolute atomic E-state index is 12.4. The fourth-order valence-electron chi connectivity index (χ4n) is 4.18. The van der Waals surface area contributed by atoms with Gasteiger partial charge in [-0.05, 0) is 47.5 Å². The molecule has 0 bridgehead atoms. The molecule has 6 heterocycles. The first kappa shape index (κ1) is 22.5. The van der Waals surface area contributed by atoms with Crippen molar-refractivity contribution in [1.82, 2.24) is 35.1 Å². The summed E-state index contributed by atoms with van der Waals surface area (Å²) in [6.07, 6.45) is 10.5. The number of hydrogen-bond donors (Lipinski definition) is 3. The molecule has 0 aliphatic carbocycles. The molecular formula is C28H24N8O. The van der Waals surface area contributed by atoms with E-state index in [9.17, 15) is 4.79 Å². The van der Waals surface area contributed by atoms with Gasteiger partial charge in [-0.2, -0.15) is 5.10 Å². The maximum atomic E-state index is 12.4. The molecule has 6 aromatic heterocycles. The number of fused-ring (bicyclic) bond motifs is 2. The van der Waals surface area contributed by atoms with Gasteiger partial charge in [-0.1, -0.05) is 20.8 Å². The monoisotopic (exact) mass is 488 g/mol. The molecule has 0 fully saturated rings. The molecule has 9 heteroatoms. The van der Waals surface area contributed by atoms with Gasteiger partial charge in [0.2, 0.25) is 5.91 Å². The van der Waals surface area contributed by atoms with E-state index in [1.54, 1.807) is 37.2 Å². The summed E-state index contributed by atoms with van der Waals surface area (Å²) >= 11 is 0. The third kappa shape index (κ3) is 4.20. The van der Waals surface area contributed by atoms with Gasteiger partial charge >= 0.3 is 0 Å². The molecule has 3 N–H and O–H groups in total. The number of aromatic amines is 2. The fraction of sp³-hybridized carbons (Fsp3) is 0.143. The minimum atomic E-state index is -0.509. The normalized spacial score (nSPS) is 11.8. The number of carbonyl (C=O) groups excluding carboxylic acids is 1. The van der Waals surface area contributed by atoms with Crippen molar-refractivity contribution in [2.24, 2.45) is 5.41 Å². The Bertz CT molecular complexity index is 1760. The van der Waals surface area contributed by atoms with Crippen molar-refractivity contribution in [2.75, 3.05) is 5.32 Å². The minimum absolute atomic E-state index is 0.0782. The summed E-state index contributed by atoms with van der Waals surface area (Å²) in [4.78, 5) is 33.4. The van der Waals surface area contributed by atoms with E-state index in [0.29, 0.717) is 5.69 Å². The molecule has 0 atom stereocenters. The van der Waals surface area contributed by atoms with Crippen molar-refractivity contribution in [3.8, 4) is 33.8 Å². The molecule has 37 heavy (non-hydrogen) atoms. The maximum Gasteiger partial charge on any atom is 0.229 e. The molecule has 1 amide bonds. The van der Waals surface area contributed by atoms with Crippen LogP contribution < -0.4 is 5.32 Å². The number of pyridine rings is 4. The van der Waals surface area contributed by atoms with Crippen LogP contribution in [0.5, 0.6) is 0 Å². The smallest absolute Gasteiger partial charge is 0.229 e. The number of hydrogen-bond acceptors (Lipinski definition) is 6. The first-order valence-corrected chi connectivity index (χ1v) is 11.9. The summed E-state index contributed by atoms with van der Waals surface area (Å²) < 4.78 is 0. The Morgan fingerprint density at radius 1 is 0.865 bits per heavy atom. The Kier molecular flexibility index (Phi) is 5.26. The van der Waals surface area contributed by atoms with Crippen LogP contribution in [0.1, 0.15) is 20.8 Å². The van der Waals surface area contributed by atoms with Gasteiger partial charge in [0.25, 0.3) is 0 Å². The zero-order valence-corrected chi connectivity index (χ0v) is 20.6. The van der Waals surface area contributed by atoms with Crippen LogP contribution in [-0.4, -0.2) is 41.0 Å². The van der Waals surface area contributed by atoms with Gasteiger partial charge in [0.1, 0.15) is 11.3 Å². The molecule has 6 aromatic rings. The number of carbonyl (C=O) groups is 1. The highest BCUT2D eigenvalue weighted by Gasteiger charge is 2.21. The van der Waals surface area contributed by atoms with Crippen LogP contribution in [0, 0.1) is 5.41 Å². The molecule has 0 unspecified atom stereocenters. The first-order valence-electron chi connectivity index (χ1n) is 11.9. The Balaban J connectivity index is 1.40. The zero-order chi connectivity index (χ0) is 25.6. The predicted molar refractivity (Wildman–Crippen MR) is 144 cm³/mol. The molecule has 0 spiro atoms. The second kappa shape index (κ2) is 8.63. The molecule has 6 rings (SSSR count). The Labute approximate surface area is 212 Å². The van der Waals surface area contributed by atoms with E-state index in [2.05, 4.69) is 46.5 Å². The van der Waals surface area contributed by atoms with Crippen molar-refractivity contribution < 1.29 is 4.79 Å². The number of anilines is 1. The molecule has 0 aliphatic heterocycles. The van der Waals surface area contributed by atoms with Gasteiger partial charge in [0.15, 0.2) is 0 Å². The summed E-state index contributed by atoms with van der Waals surface area (Å²) in [6.45, 7) is 5.61. The first-order chi connectivity index (χ1) is 17.9. The van der Waals surface area contributed by atoms with E-state index >= 15 is 0 Å². The average Bonchev–Trinajstić information content (AvgIpc) is 3.52. The van der Waals surface area contributed by atoms with Gasteiger partial charge in [0.05, 0.1) is 35.0 Å². The third-order valence-electron chi connectivity index (χ3n) is 6.20. The highest BCUT2D eigenvalue weighted by atomic mass is 16.2. The standard InChI is InChI=1S/C28H24N8O/c1-28(2,3)27(37)33-18-10-17(13-30-14-18)22-12-21-24(15-32-22)35-36-25(21)23-11-20-19(6-9-31-26(20)34-23)16-4-7-29-8-5-16/h4-15H,1-3H3,(H,31,34)(H,33,37)(H,35,36). The molecule has 0 saturated carbocycles. The molecule has 9 nitrogen and oxygen atoms in total. The van der Waals surface area contributed by atoms with Crippen LogP contribution in [0.2, 0.25) is 0 Å². The Morgan fingerprint density at radius 3 is 2.51 bits per heavy atom. The second-order valence-electron chi connectivity index (χ2n) is 9.89. The molecule has 0 saturated heterocycles. The van der Waals surface area contributed by atoms with Crippen LogP contribution in [0.25, 0.3) is 55.7 Å². The van der Waals surface area contributed by atoms with Crippen molar-refractivity contribution in [3.05, 3.63) is 73.6 Å². The van der Waals surface area contributed by atoms with Gasteiger partial charge in [0, 0.05) is 46.5 Å². The lowest BCUT2D eigenvalue weighted by atomic mass is 9.95. The van der Waals surface area contributed by atoms with Crippen molar-refractivity contribution in [2.45, 2.75) is 20.8 Å². The number of rotatable bonds is 4. The average molecular weight is 489 g/mol. The summed E-state index contributed by atoms with van der Waals surface area (Å²) in [5.74, 6) is -0.0782. The Morgan fingerprint density at radius 2 is 1.70 bits per heavy atom. The Hall–Kier alpha value is -4.92. The summed E-state index contributed by atoms with van der Waals surface area (Å²) in [6, 6.07) is 11.9. The zero-order valence-electron chi connectivity index (χ0n) is 20.6. The van der Waals surface area contributed by atoms with E-state index in [-0.39, 0.29) is 5.91 Å². The highest BCUT2D eigenvalue weighted by Crippen LogP contribution is 2.34. The molecule has 182 valence electrons. The number of aromatic nitrogens is 7. The van der Waals surface area contributed by atoms with E-state index in [1.807, 2.05) is 51.1 Å². The summed E-state index contributed by atoms with van der Waals surface area (Å²) in [5, 5.41) is 12.5. The van der Waals surface area contributed by atoms with Gasteiger partial charge in [-0.25, -0.2) is 4.98 Å². The highest BCUT2D eigenvalue weighted by molar-refractivity contribution is 6.00. The molecular weight excluding hydrogens is 464 g/mol. The van der Waals surface area contributed by atoms with Gasteiger partial charge in [-0.3, -0.25) is 24.8 Å². The number of amides is 1. The van der Waals surface area contributed by atoms with E-state index < -0.39 is 5.41 Å². The largest absolute Gasteiger partial charge is 0.338 e. The van der Waals surface area contributed by atoms with E-state index in [1.165, 1.54) is 0 Å². The van der Waals surface area contributed by atoms with Gasteiger partial charge < -0.3 is 10.3 Å². The van der Waals surface area contributed by atoms with Crippen LogP contribution >= 0.6 is 0 Å². The third-order valence-corrected chi connectivity index (χ3v) is 6.20. The van der Waals surface area contributed by atoms with E-state index in [0.717, 1.165) is 55.7 Å². The van der Waals surface area contributed by atoms with Crippen LogP contribution in [-0.2, 0) is 4.79 Å². The van der Waals surface area contributed by atoms with Crippen LogP contribution in [0.4, 0.5) is 5.69 Å². The lowest BCUT2D eigenvalue weighted by molar-refractivity contribution is -0.123. The van der Waals surface area contributed by atoms with Gasteiger partial charge in [-0.15, -0.1) is 0 Å². The minimum Gasteiger partial charge on any atom is -0.338 e. The second-order valence-corrected chi connectivity index (χ2v) is 9.89.